The molecule has 2 heterocycles. The van der Waals surface area contributed by atoms with Gasteiger partial charge in [-0.3, -0.25) is 0 Å². The molecule has 0 aliphatic carbocycles. The largest absolute Gasteiger partial charge is 0.464 e. The first-order chi connectivity index (χ1) is 14.8. The van der Waals surface area contributed by atoms with Gasteiger partial charge in [-0.05, 0) is 34.5 Å². The molecule has 4 aromatic rings. The zero-order valence-electron chi connectivity index (χ0n) is 16.2. The number of hydrazone groups is 1. The van der Waals surface area contributed by atoms with Crippen molar-refractivity contribution in [2.24, 2.45) is 5.10 Å². The molecule has 146 valence electrons. The lowest BCUT2D eigenvalue weighted by Crippen LogP contribution is -2.34. The molecule has 0 N–H and O–H groups in total. The summed E-state index contributed by atoms with van der Waals surface area (Å²) < 4.78 is 20.9. The Hall–Kier alpha value is -3.66. The van der Waals surface area contributed by atoms with E-state index in [9.17, 15) is 4.39 Å². The van der Waals surface area contributed by atoms with E-state index in [1.165, 1.54) is 16.8 Å². The van der Waals surface area contributed by atoms with Gasteiger partial charge in [-0.1, -0.05) is 72.8 Å². The Morgan fingerprint density at radius 1 is 0.800 bits per heavy atom. The molecule has 3 nitrogen and oxygen atoms in total. The molecule has 0 fully saturated rings. The smallest absolute Gasteiger partial charge is 0.216 e. The van der Waals surface area contributed by atoms with E-state index in [4.69, 9.17) is 9.84 Å². The molecule has 30 heavy (non-hydrogen) atoms. The Bertz CT molecular complexity index is 1300. The van der Waals surface area contributed by atoms with Crippen LogP contribution in [-0.2, 0) is 0 Å². The van der Waals surface area contributed by atoms with Gasteiger partial charge in [0.15, 0.2) is 0 Å². The molecule has 0 saturated heterocycles. The number of nitrogens with zero attached hydrogens (tertiary/aromatic N) is 2. The summed E-state index contributed by atoms with van der Waals surface area (Å²) >= 11 is 0. The van der Waals surface area contributed by atoms with Crippen molar-refractivity contribution >= 4 is 16.5 Å². The molecule has 0 spiro atoms. The molecule has 0 amide bonds. The van der Waals surface area contributed by atoms with Crippen LogP contribution in [0.5, 0.6) is 5.75 Å². The molecule has 0 saturated carbocycles. The molecular weight excluding hydrogens is 375 g/mol. The second kappa shape index (κ2) is 6.70. The van der Waals surface area contributed by atoms with Gasteiger partial charge in [-0.25, -0.2) is 9.40 Å². The summed E-state index contributed by atoms with van der Waals surface area (Å²) in [6, 6.07) is 29.5. The highest BCUT2D eigenvalue weighted by atomic mass is 19.1. The second-order valence-electron chi connectivity index (χ2n) is 7.74. The van der Waals surface area contributed by atoms with Gasteiger partial charge in [0.1, 0.15) is 11.6 Å². The molecule has 2 aliphatic heterocycles. The SMILES string of the molecule is Fc1ccccc1[C@@H]1Oc2ccccc2[C@@H]2CC(c3ccc4ccccc4c3)=NN21. The Balaban J connectivity index is 1.47. The number of rotatable bonds is 2. The Labute approximate surface area is 174 Å². The van der Waals surface area contributed by atoms with Gasteiger partial charge >= 0.3 is 0 Å². The summed E-state index contributed by atoms with van der Waals surface area (Å²) in [6.07, 6.45) is 0.160. The van der Waals surface area contributed by atoms with E-state index in [-0.39, 0.29) is 11.9 Å². The Kier molecular flexibility index (Phi) is 3.85. The van der Waals surface area contributed by atoms with Crippen LogP contribution in [0.15, 0.2) is 96.1 Å². The van der Waals surface area contributed by atoms with E-state index in [1.54, 1.807) is 12.1 Å². The van der Waals surface area contributed by atoms with Gasteiger partial charge in [-0.2, -0.15) is 5.10 Å². The number of hydrogen-bond acceptors (Lipinski definition) is 3. The number of benzene rings is 4. The van der Waals surface area contributed by atoms with E-state index < -0.39 is 6.23 Å². The second-order valence-corrected chi connectivity index (χ2v) is 7.74. The topological polar surface area (TPSA) is 24.8 Å². The first-order valence-electron chi connectivity index (χ1n) is 10.1. The summed E-state index contributed by atoms with van der Waals surface area (Å²) in [5.41, 5.74) is 3.67. The first-order valence-corrected chi connectivity index (χ1v) is 10.1. The predicted molar refractivity (Wildman–Crippen MR) is 116 cm³/mol. The lowest BCUT2D eigenvalue weighted by Gasteiger charge is -2.38. The minimum absolute atomic E-state index is 0.0148. The minimum Gasteiger partial charge on any atom is -0.464 e. The maximum atomic E-state index is 14.6. The number of hydrogen-bond donors (Lipinski definition) is 0. The fourth-order valence-corrected chi connectivity index (χ4v) is 4.46. The number of halogens is 1. The molecular formula is C26H19FN2O. The van der Waals surface area contributed by atoms with Crippen molar-refractivity contribution in [2.45, 2.75) is 18.7 Å². The summed E-state index contributed by atoms with van der Waals surface area (Å²) in [7, 11) is 0. The zero-order valence-corrected chi connectivity index (χ0v) is 16.2. The summed E-state index contributed by atoms with van der Waals surface area (Å²) in [6.45, 7) is 0. The van der Waals surface area contributed by atoms with E-state index in [2.05, 4.69) is 36.4 Å². The molecule has 2 atom stereocenters. The van der Waals surface area contributed by atoms with E-state index in [1.807, 2.05) is 41.4 Å². The van der Waals surface area contributed by atoms with Gasteiger partial charge in [0.05, 0.1) is 17.3 Å². The molecule has 0 radical (unpaired) electrons. The summed E-state index contributed by atoms with van der Waals surface area (Å²) in [5, 5.41) is 9.25. The zero-order chi connectivity index (χ0) is 20.1. The van der Waals surface area contributed by atoms with Crippen molar-refractivity contribution in [3.8, 4) is 5.75 Å². The highest BCUT2D eigenvalue weighted by molar-refractivity contribution is 6.04. The Morgan fingerprint density at radius 2 is 1.53 bits per heavy atom. The van der Waals surface area contributed by atoms with Crippen molar-refractivity contribution < 1.29 is 9.13 Å². The number of para-hydroxylation sites is 1. The highest BCUT2D eigenvalue weighted by Crippen LogP contribution is 2.47. The van der Waals surface area contributed by atoms with Crippen molar-refractivity contribution in [1.82, 2.24) is 5.01 Å². The lowest BCUT2D eigenvalue weighted by molar-refractivity contribution is -0.0212. The maximum absolute atomic E-state index is 14.6. The third-order valence-electron chi connectivity index (χ3n) is 5.95. The van der Waals surface area contributed by atoms with E-state index >= 15 is 0 Å². The lowest BCUT2D eigenvalue weighted by atomic mass is 9.95. The first kappa shape index (κ1) is 17.2. The average Bonchev–Trinajstić information content (AvgIpc) is 3.24. The van der Waals surface area contributed by atoms with Crippen molar-refractivity contribution in [1.29, 1.82) is 0 Å². The Morgan fingerprint density at radius 3 is 2.40 bits per heavy atom. The minimum atomic E-state index is -0.593. The average molecular weight is 394 g/mol. The monoisotopic (exact) mass is 394 g/mol. The van der Waals surface area contributed by atoms with Crippen LogP contribution < -0.4 is 4.74 Å². The summed E-state index contributed by atoms with van der Waals surface area (Å²) in [4.78, 5) is 0. The molecule has 0 bridgehead atoms. The van der Waals surface area contributed by atoms with Crippen molar-refractivity contribution in [3.05, 3.63) is 114 Å². The van der Waals surface area contributed by atoms with Gasteiger partial charge < -0.3 is 4.74 Å². The fourth-order valence-electron chi connectivity index (χ4n) is 4.46. The highest BCUT2D eigenvalue weighted by Gasteiger charge is 2.41. The van der Waals surface area contributed by atoms with Gasteiger partial charge in [0.25, 0.3) is 0 Å². The third-order valence-corrected chi connectivity index (χ3v) is 5.95. The van der Waals surface area contributed by atoms with Crippen LogP contribution in [0, 0.1) is 5.82 Å². The maximum Gasteiger partial charge on any atom is 0.216 e. The van der Waals surface area contributed by atoms with Crippen molar-refractivity contribution in [2.75, 3.05) is 0 Å². The van der Waals surface area contributed by atoms with E-state index in [0.717, 1.165) is 29.0 Å². The quantitative estimate of drug-likeness (QED) is 0.403. The molecule has 0 aromatic heterocycles. The molecule has 4 heteroatoms. The van der Waals surface area contributed by atoms with Crippen LogP contribution in [0.4, 0.5) is 4.39 Å². The fraction of sp³-hybridized carbons (Fsp3) is 0.115. The van der Waals surface area contributed by atoms with Crippen molar-refractivity contribution in [3.63, 3.8) is 0 Å². The number of ether oxygens (including phenoxy) is 1. The van der Waals surface area contributed by atoms with Crippen LogP contribution in [0.1, 0.15) is 35.4 Å². The van der Waals surface area contributed by atoms with Crippen LogP contribution in [-0.4, -0.2) is 10.7 Å². The van der Waals surface area contributed by atoms with Crippen LogP contribution in [0.3, 0.4) is 0 Å². The normalized spacial score (nSPS) is 19.8. The van der Waals surface area contributed by atoms with Gasteiger partial charge in [0, 0.05) is 12.0 Å². The number of fused-ring (bicyclic) bond motifs is 4. The predicted octanol–water partition coefficient (Wildman–Crippen LogP) is 6.22. The molecule has 0 unspecified atom stereocenters. The van der Waals surface area contributed by atoms with Gasteiger partial charge in [-0.15, -0.1) is 0 Å². The summed E-state index contributed by atoms with van der Waals surface area (Å²) in [5.74, 6) is 0.511. The van der Waals surface area contributed by atoms with Crippen LogP contribution >= 0.6 is 0 Å². The molecule has 2 aliphatic rings. The third kappa shape index (κ3) is 2.68. The standard InChI is InChI=1S/C26H19FN2O/c27-22-11-5-3-9-20(22)26-29-24(21-10-4-6-12-25(21)30-26)16-23(28-29)19-14-13-17-7-1-2-8-18(17)15-19/h1-15,24,26H,16H2/t24-,26-/m0/s1. The molecule has 4 aromatic carbocycles. The van der Waals surface area contributed by atoms with Gasteiger partial charge in [0.2, 0.25) is 6.23 Å². The van der Waals surface area contributed by atoms with Crippen LogP contribution in [0.2, 0.25) is 0 Å². The van der Waals surface area contributed by atoms with E-state index in [0.29, 0.717) is 5.56 Å². The van der Waals surface area contributed by atoms with Crippen LogP contribution in [0.25, 0.3) is 10.8 Å². The molecule has 6 rings (SSSR count).